The maximum atomic E-state index is 4.47. The van der Waals surface area contributed by atoms with Gasteiger partial charge in [-0.1, -0.05) is 0 Å². The molecule has 3 nitrogen and oxygen atoms in total. The molecule has 0 fully saturated rings. The lowest BCUT2D eigenvalue weighted by Gasteiger charge is -2.21. The molecule has 0 aromatic carbocycles. The molecule has 0 amide bonds. The van der Waals surface area contributed by atoms with Crippen molar-refractivity contribution in [3.8, 4) is 0 Å². The molecule has 0 saturated carbocycles. The van der Waals surface area contributed by atoms with Gasteiger partial charge in [-0.2, -0.15) is 0 Å². The summed E-state index contributed by atoms with van der Waals surface area (Å²) in [5.41, 5.74) is 0. The minimum Gasteiger partial charge on any atom is -0.374 e. The fraction of sp³-hybridized carbons (Fsp3) is 0.917. The monoisotopic (exact) mass is 211 g/mol. The van der Waals surface area contributed by atoms with E-state index in [1.807, 2.05) is 0 Å². The van der Waals surface area contributed by atoms with E-state index in [-0.39, 0.29) is 0 Å². The van der Waals surface area contributed by atoms with Crippen LogP contribution in [0.1, 0.15) is 39.5 Å². The molecule has 3 heteroatoms. The molecule has 0 saturated heterocycles. The van der Waals surface area contributed by atoms with Gasteiger partial charge in [0.15, 0.2) is 0 Å². The predicted molar refractivity (Wildman–Crippen MR) is 66.5 cm³/mol. The number of aliphatic imine (C=N–C) groups is 1. The fourth-order valence-corrected chi connectivity index (χ4v) is 1.66. The van der Waals surface area contributed by atoms with Crippen molar-refractivity contribution < 1.29 is 0 Å². The van der Waals surface area contributed by atoms with Gasteiger partial charge in [0.1, 0.15) is 0 Å². The molecule has 0 atom stereocenters. The first-order valence-corrected chi connectivity index (χ1v) is 6.17. The molecule has 1 aliphatic heterocycles. The van der Waals surface area contributed by atoms with Crippen molar-refractivity contribution in [2.45, 2.75) is 45.6 Å². The standard InChI is InChI=1S/C12H25N3/c1-11(2)15(3)10-6-9-14-12-7-4-5-8-13-12/h11H,4-10H2,1-3H3,(H,13,14). The lowest BCUT2D eigenvalue weighted by molar-refractivity contribution is 0.271. The molecule has 1 heterocycles. The predicted octanol–water partition coefficient (Wildman–Crippen LogP) is 1.89. The van der Waals surface area contributed by atoms with Gasteiger partial charge < -0.3 is 10.2 Å². The summed E-state index contributed by atoms with van der Waals surface area (Å²) in [7, 11) is 2.18. The van der Waals surface area contributed by atoms with Crippen LogP contribution in [-0.4, -0.2) is 43.5 Å². The van der Waals surface area contributed by atoms with Crippen LogP contribution in [0.5, 0.6) is 0 Å². The second kappa shape index (κ2) is 6.83. The Kier molecular flexibility index (Phi) is 5.69. The molecular formula is C12H25N3. The van der Waals surface area contributed by atoms with Crippen LogP contribution < -0.4 is 5.32 Å². The van der Waals surface area contributed by atoms with Gasteiger partial charge >= 0.3 is 0 Å². The van der Waals surface area contributed by atoms with Gasteiger partial charge in [-0.15, -0.1) is 0 Å². The highest BCUT2D eigenvalue weighted by molar-refractivity contribution is 5.82. The maximum absolute atomic E-state index is 4.47. The average Bonchev–Trinajstić information content (AvgIpc) is 2.25. The van der Waals surface area contributed by atoms with Crippen molar-refractivity contribution in [2.75, 3.05) is 26.7 Å². The summed E-state index contributed by atoms with van der Waals surface area (Å²) in [5, 5.41) is 3.44. The van der Waals surface area contributed by atoms with E-state index in [2.05, 4.69) is 36.1 Å². The number of nitrogens with one attached hydrogen (secondary N) is 1. The van der Waals surface area contributed by atoms with E-state index in [1.54, 1.807) is 0 Å². The molecule has 0 unspecified atom stereocenters. The Balaban J connectivity index is 2.03. The van der Waals surface area contributed by atoms with Gasteiger partial charge in [-0.05, 0) is 46.7 Å². The van der Waals surface area contributed by atoms with E-state index in [0.717, 1.165) is 26.1 Å². The summed E-state index contributed by atoms with van der Waals surface area (Å²) in [5.74, 6) is 1.23. The van der Waals surface area contributed by atoms with Crippen LogP contribution in [0.25, 0.3) is 0 Å². The molecule has 88 valence electrons. The molecule has 0 aromatic heterocycles. The summed E-state index contributed by atoms with van der Waals surface area (Å²) in [6, 6.07) is 0.650. The molecule has 15 heavy (non-hydrogen) atoms. The van der Waals surface area contributed by atoms with Crippen LogP contribution >= 0.6 is 0 Å². The van der Waals surface area contributed by atoms with Crippen molar-refractivity contribution in [3.63, 3.8) is 0 Å². The van der Waals surface area contributed by atoms with Gasteiger partial charge in [-0.25, -0.2) is 0 Å². The van der Waals surface area contributed by atoms with Gasteiger partial charge in [0.05, 0.1) is 5.84 Å². The number of amidine groups is 1. The van der Waals surface area contributed by atoms with Crippen LogP contribution in [0.15, 0.2) is 4.99 Å². The molecule has 1 N–H and O–H groups in total. The van der Waals surface area contributed by atoms with Crippen LogP contribution in [0.3, 0.4) is 0 Å². The Morgan fingerprint density at radius 2 is 2.20 bits per heavy atom. The second-order valence-corrected chi connectivity index (χ2v) is 4.64. The Morgan fingerprint density at radius 3 is 2.80 bits per heavy atom. The lowest BCUT2D eigenvalue weighted by atomic mass is 10.2. The molecule has 1 aliphatic rings. The number of hydrogen-bond acceptors (Lipinski definition) is 3. The third-order valence-electron chi connectivity index (χ3n) is 3.02. The molecule has 0 aromatic rings. The van der Waals surface area contributed by atoms with E-state index in [1.165, 1.54) is 25.1 Å². The van der Waals surface area contributed by atoms with Gasteiger partial charge in [0, 0.05) is 25.6 Å². The van der Waals surface area contributed by atoms with E-state index in [9.17, 15) is 0 Å². The third kappa shape index (κ3) is 5.17. The first-order valence-electron chi connectivity index (χ1n) is 6.17. The Morgan fingerprint density at radius 1 is 1.40 bits per heavy atom. The van der Waals surface area contributed by atoms with Gasteiger partial charge in [-0.3, -0.25) is 4.99 Å². The number of hydrogen-bond donors (Lipinski definition) is 1. The SMILES string of the molecule is CC(C)N(C)CCCNC1=NCCCC1. The zero-order chi connectivity index (χ0) is 11.1. The van der Waals surface area contributed by atoms with Crippen molar-refractivity contribution in [2.24, 2.45) is 4.99 Å². The molecule has 0 spiro atoms. The fourth-order valence-electron chi connectivity index (χ4n) is 1.66. The first kappa shape index (κ1) is 12.5. The minimum atomic E-state index is 0.650. The highest BCUT2D eigenvalue weighted by Gasteiger charge is 2.05. The second-order valence-electron chi connectivity index (χ2n) is 4.64. The Hall–Kier alpha value is -0.570. The smallest absolute Gasteiger partial charge is 0.0963 e. The van der Waals surface area contributed by atoms with E-state index in [4.69, 9.17) is 0 Å². The van der Waals surface area contributed by atoms with Crippen molar-refractivity contribution in [1.82, 2.24) is 10.2 Å². The van der Waals surface area contributed by atoms with Crippen molar-refractivity contribution >= 4 is 5.84 Å². The van der Waals surface area contributed by atoms with Crippen LogP contribution in [0, 0.1) is 0 Å². The number of nitrogens with zero attached hydrogens (tertiary/aromatic N) is 2. The molecular weight excluding hydrogens is 186 g/mol. The summed E-state index contributed by atoms with van der Waals surface area (Å²) in [6.07, 6.45) is 4.92. The highest BCUT2D eigenvalue weighted by Crippen LogP contribution is 2.03. The largest absolute Gasteiger partial charge is 0.374 e. The number of rotatable bonds is 5. The van der Waals surface area contributed by atoms with Crippen molar-refractivity contribution in [3.05, 3.63) is 0 Å². The average molecular weight is 211 g/mol. The summed E-state index contributed by atoms with van der Waals surface area (Å²) >= 11 is 0. The lowest BCUT2D eigenvalue weighted by Crippen LogP contribution is -2.32. The molecule has 0 radical (unpaired) electrons. The van der Waals surface area contributed by atoms with Crippen LogP contribution in [0.4, 0.5) is 0 Å². The van der Waals surface area contributed by atoms with Crippen molar-refractivity contribution in [1.29, 1.82) is 0 Å². The Bertz CT molecular complexity index is 199. The molecule has 0 aliphatic carbocycles. The van der Waals surface area contributed by atoms with E-state index < -0.39 is 0 Å². The van der Waals surface area contributed by atoms with Crippen LogP contribution in [0.2, 0.25) is 0 Å². The normalized spacial score (nSPS) is 17.0. The topological polar surface area (TPSA) is 27.6 Å². The maximum Gasteiger partial charge on any atom is 0.0963 e. The van der Waals surface area contributed by atoms with E-state index >= 15 is 0 Å². The van der Waals surface area contributed by atoms with Gasteiger partial charge in [0.2, 0.25) is 0 Å². The van der Waals surface area contributed by atoms with Gasteiger partial charge in [0.25, 0.3) is 0 Å². The Labute approximate surface area is 94.0 Å². The first-order chi connectivity index (χ1) is 7.20. The quantitative estimate of drug-likeness (QED) is 0.703. The molecule has 0 bridgehead atoms. The van der Waals surface area contributed by atoms with E-state index in [0.29, 0.717) is 6.04 Å². The highest BCUT2D eigenvalue weighted by atomic mass is 15.1. The minimum absolute atomic E-state index is 0.650. The molecule has 1 rings (SSSR count). The summed E-state index contributed by atoms with van der Waals surface area (Å²) < 4.78 is 0. The van der Waals surface area contributed by atoms with Crippen LogP contribution in [-0.2, 0) is 0 Å². The summed E-state index contributed by atoms with van der Waals surface area (Å²) in [6.45, 7) is 7.72. The summed E-state index contributed by atoms with van der Waals surface area (Å²) in [4.78, 5) is 6.85. The third-order valence-corrected chi connectivity index (χ3v) is 3.02. The zero-order valence-corrected chi connectivity index (χ0v) is 10.4. The zero-order valence-electron chi connectivity index (χ0n) is 10.4.